The molecule has 0 aliphatic carbocycles. The van der Waals surface area contributed by atoms with E-state index in [-0.39, 0.29) is 11.4 Å². The van der Waals surface area contributed by atoms with Crippen molar-refractivity contribution in [2.24, 2.45) is 0 Å². The van der Waals surface area contributed by atoms with E-state index in [1.54, 1.807) is 5.92 Å². The van der Waals surface area contributed by atoms with E-state index in [9.17, 15) is 9.18 Å². The van der Waals surface area contributed by atoms with Gasteiger partial charge in [-0.3, -0.25) is 4.79 Å². The fraction of sp³-hybridized carbons (Fsp3) is 0. The molecule has 2 N–H and O–H groups in total. The summed E-state index contributed by atoms with van der Waals surface area (Å²) < 4.78 is 12.6. The number of anilines is 1. The third-order valence-electron chi connectivity index (χ3n) is 1.34. The van der Waals surface area contributed by atoms with E-state index in [0.29, 0.717) is 0 Å². The Hall–Kier alpha value is -2.02. The van der Waals surface area contributed by atoms with Gasteiger partial charge in [-0.1, -0.05) is 0 Å². The van der Waals surface area contributed by atoms with Crippen LogP contribution in [0.4, 0.5) is 10.1 Å². The highest BCUT2D eigenvalue weighted by Gasteiger charge is 2.04. The maximum Gasteiger partial charge on any atom is 0.300 e. The van der Waals surface area contributed by atoms with Crippen molar-refractivity contribution in [2.75, 3.05) is 5.32 Å². The van der Waals surface area contributed by atoms with Gasteiger partial charge in [-0.2, -0.15) is 0 Å². The van der Waals surface area contributed by atoms with E-state index >= 15 is 0 Å². The van der Waals surface area contributed by atoms with Gasteiger partial charge in [0.15, 0.2) is 0 Å². The Balaban J connectivity index is 2.95. The minimum atomic E-state index is -0.735. The Labute approximate surface area is 74.2 Å². The van der Waals surface area contributed by atoms with Crippen molar-refractivity contribution in [3.63, 3.8) is 0 Å². The van der Waals surface area contributed by atoms with Crippen LogP contribution in [0.3, 0.4) is 0 Å². The predicted molar refractivity (Wildman–Crippen MR) is 45.5 cm³/mol. The van der Waals surface area contributed by atoms with Crippen molar-refractivity contribution >= 4 is 11.6 Å². The van der Waals surface area contributed by atoms with Crippen molar-refractivity contribution in [3.05, 3.63) is 24.0 Å². The van der Waals surface area contributed by atoms with Gasteiger partial charge in [0.2, 0.25) is 0 Å². The molecule has 0 saturated heterocycles. The molecule has 0 unspecified atom stereocenters. The molecule has 13 heavy (non-hydrogen) atoms. The number of phenols is 1. The molecule has 1 aromatic carbocycles. The number of benzene rings is 1. The van der Waals surface area contributed by atoms with Crippen LogP contribution in [-0.4, -0.2) is 11.0 Å². The summed E-state index contributed by atoms with van der Waals surface area (Å²) in [6.07, 6.45) is 4.77. The van der Waals surface area contributed by atoms with Crippen molar-refractivity contribution in [1.29, 1.82) is 0 Å². The Morgan fingerprint density at radius 2 is 2.31 bits per heavy atom. The first-order chi connectivity index (χ1) is 6.13. The number of hydrogen-bond acceptors (Lipinski definition) is 2. The normalized spacial score (nSPS) is 8.92. The molecule has 0 heterocycles. The third-order valence-corrected chi connectivity index (χ3v) is 1.34. The highest BCUT2D eigenvalue weighted by molar-refractivity contribution is 6.04. The van der Waals surface area contributed by atoms with Gasteiger partial charge < -0.3 is 10.4 Å². The fourth-order valence-corrected chi connectivity index (χ4v) is 0.767. The standard InChI is InChI=1S/C9H6FNO2/c1-2-9(13)11-7-5-6(10)3-4-8(7)12/h1,3-5,12H,(H,11,13). The second-order valence-corrected chi connectivity index (χ2v) is 2.26. The maximum atomic E-state index is 12.6. The zero-order valence-electron chi connectivity index (χ0n) is 6.54. The SMILES string of the molecule is C#CC(=O)Nc1cc(F)ccc1O. The number of terminal acetylenes is 1. The van der Waals surface area contributed by atoms with Crippen LogP contribution in [0.2, 0.25) is 0 Å². The second kappa shape index (κ2) is 3.59. The molecule has 0 atom stereocenters. The van der Waals surface area contributed by atoms with Crippen LogP contribution in [-0.2, 0) is 4.79 Å². The molecule has 1 aromatic rings. The van der Waals surface area contributed by atoms with E-state index in [1.807, 2.05) is 0 Å². The van der Waals surface area contributed by atoms with Crippen molar-refractivity contribution < 1.29 is 14.3 Å². The van der Waals surface area contributed by atoms with Crippen LogP contribution in [0.15, 0.2) is 18.2 Å². The summed E-state index contributed by atoms with van der Waals surface area (Å²) in [5, 5.41) is 11.3. The van der Waals surface area contributed by atoms with E-state index < -0.39 is 11.7 Å². The summed E-state index contributed by atoms with van der Waals surface area (Å²) in [4.78, 5) is 10.7. The lowest BCUT2D eigenvalue weighted by Gasteiger charge is -2.03. The summed E-state index contributed by atoms with van der Waals surface area (Å²) in [5.41, 5.74) is -0.0389. The van der Waals surface area contributed by atoms with E-state index in [1.165, 1.54) is 0 Å². The molecule has 3 nitrogen and oxygen atoms in total. The Kier molecular flexibility index (Phi) is 2.50. The predicted octanol–water partition coefficient (Wildman–Crippen LogP) is 1.10. The second-order valence-electron chi connectivity index (χ2n) is 2.26. The number of carbonyl (C=O) groups is 1. The molecule has 0 bridgehead atoms. The maximum absolute atomic E-state index is 12.6. The largest absolute Gasteiger partial charge is 0.506 e. The molecule has 0 aliphatic rings. The minimum absolute atomic E-state index is 0.0389. The van der Waals surface area contributed by atoms with Gasteiger partial charge in [0.1, 0.15) is 11.6 Å². The van der Waals surface area contributed by atoms with Gasteiger partial charge in [-0.05, 0) is 18.1 Å². The van der Waals surface area contributed by atoms with Gasteiger partial charge >= 0.3 is 0 Å². The van der Waals surface area contributed by atoms with E-state index in [0.717, 1.165) is 18.2 Å². The Bertz CT molecular complexity index is 382. The Morgan fingerprint density at radius 1 is 1.62 bits per heavy atom. The number of halogens is 1. The monoisotopic (exact) mass is 179 g/mol. The average molecular weight is 179 g/mol. The lowest BCUT2D eigenvalue weighted by atomic mass is 10.3. The molecule has 0 fully saturated rings. The summed E-state index contributed by atoms with van der Waals surface area (Å²) in [6, 6.07) is 3.17. The Morgan fingerprint density at radius 3 is 2.92 bits per heavy atom. The molecule has 0 aliphatic heterocycles. The van der Waals surface area contributed by atoms with E-state index in [2.05, 4.69) is 5.32 Å². The first-order valence-corrected chi connectivity index (χ1v) is 3.39. The summed E-state index contributed by atoms with van der Waals surface area (Å²) in [7, 11) is 0. The average Bonchev–Trinajstić information content (AvgIpc) is 2.11. The zero-order chi connectivity index (χ0) is 9.84. The zero-order valence-corrected chi connectivity index (χ0v) is 6.54. The van der Waals surface area contributed by atoms with Gasteiger partial charge in [0, 0.05) is 6.07 Å². The first-order valence-electron chi connectivity index (χ1n) is 3.39. The number of nitrogens with one attached hydrogen (secondary N) is 1. The number of phenolic OH excluding ortho intramolecular Hbond substituents is 1. The molecule has 0 saturated carbocycles. The van der Waals surface area contributed by atoms with Gasteiger partial charge in [-0.25, -0.2) is 4.39 Å². The number of amides is 1. The highest BCUT2D eigenvalue weighted by atomic mass is 19.1. The smallest absolute Gasteiger partial charge is 0.300 e. The van der Waals surface area contributed by atoms with Crippen LogP contribution < -0.4 is 5.32 Å². The molecule has 0 aromatic heterocycles. The summed E-state index contributed by atoms with van der Waals surface area (Å²) in [5.74, 6) is 0.245. The summed E-state index contributed by atoms with van der Waals surface area (Å²) >= 11 is 0. The van der Waals surface area contributed by atoms with Gasteiger partial charge in [0.05, 0.1) is 5.69 Å². The molecule has 4 heteroatoms. The van der Waals surface area contributed by atoms with Crippen molar-refractivity contribution in [2.45, 2.75) is 0 Å². The van der Waals surface area contributed by atoms with Crippen molar-refractivity contribution in [3.8, 4) is 18.1 Å². The molecule has 66 valence electrons. The van der Waals surface area contributed by atoms with Crippen LogP contribution in [0.5, 0.6) is 5.75 Å². The topological polar surface area (TPSA) is 49.3 Å². The molecule has 1 rings (SSSR count). The third kappa shape index (κ3) is 2.20. The molecular formula is C9H6FNO2. The fourth-order valence-electron chi connectivity index (χ4n) is 0.767. The van der Waals surface area contributed by atoms with Crippen LogP contribution in [0.1, 0.15) is 0 Å². The minimum Gasteiger partial charge on any atom is -0.506 e. The van der Waals surface area contributed by atoms with Crippen LogP contribution in [0, 0.1) is 18.2 Å². The van der Waals surface area contributed by atoms with Gasteiger partial charge in [-0.15, -0.1) is 6.42 Å². The van der Waals surface area contributed by atoms with E-state index in [4.69, 9.17) is 11.5 Å². The molecule has 0 spiro atoms. The highest BCUT2D eigenvalue weighted by Crippen LogP contribution is 2.23. The molecule has 1 amide bonds. The lowest BCUT2D eigenvalue weighted by molar-refractivity contribution is -0.111. The quantitative estimate of drug-likeness (QED) is 0.501. The molecule has 0 radical (unpaired) electrons. The lowest BCUT2D eigenvalue weighted by Crippen LogP contribution is -2.08. The summed E-state index contributed by atoms with van der Waals surface area (Å²) in [6.45, 7) is 0. The van der Waals surface area contributed by atoms with Crippen LogP contribution in [0.25, 0.3) is 0 Å². The van der Waals surface area contributed by atoms with Crippen LogP contribution >= 0.6 is 0 Å². The number of carbonyl (C=O) groups excluding carboxylic acids is 1. The molecular weight excluding hydrogens is 173 g/mol. The number of aromatic hydroxyl groups is 1. The van der Waals surface area contributed by atoms with Gasteiger partial charge in [0.25, 0.3) is 5.91 Å². The number of hydrogen-bond donors (Lipinski definition) is 2. The van der Waals surface area contributed by atoms with Crippen molar-refractivity contribution in [1.82, 2.24) is 0 Å². The number of rotatable bonds is 1. The first kappa shape index (κ1) is 9.07.